The van der Waals surface area contributed by atoms with E-state index in [0.29, 0.717) is 5.82 Å². The molecule has 0 N–H and O–H groups in total. The number of nitrogens with zero attached hydrogens (tertiary/aromatic N) is 5. The minimum Gasteiger partial charge on any atom is -0.291 e. The maximum Gasteiger partial charge on any atom is 0.164 e. The number of benzene rings is 8. The molecule has 11 aromatic rings. The highest BCUT2D eigenvalue weighted by Crippen LogP contribution is 2.44. The highest BCUT2D eigenvalue weighted by Gasteiger charge is 2.19. The third-order valence-electron chi connectivity index (χ3n) is 11.1. The molecule has 0 unspecified atom stereocenters. The van der Waals surface area contributed by atoms with E-state index in [1.807, 2.05) is 54.7 Å². The summed E-state index contributed by atoms with van der Waals surface area (Å²) in [5, 5.41) is 4.71. The molecule has 0 spiro atoms. The Kier molecular flexibility index (Phi) is 8.41. The molecule has 3 heterocycles. The Morgan fingerprint density at radius 3 is 1.41 bits per heavy atom. The van der Waals surface area contributed by atoms with Gasteiger partial charge >= 0.3 is 0 Å². The molecule has 59 heavy (non-hydrogen) atoms. The third-order valence-corrected chi connectivity index (χ3v) is 11.1. The molecule has 0 aliphatic carbocycles. The summed E-state index contributed by atoms with van der Waals surface area (Å²) in [5.74, 6) is 1.52. The zero-order valence-corrected chi connectivity index (χ0v) is 31.9. The first-order chi connectivity index (χ1) is 29.3. The summed E-state index contributed by atoms with van der Waals surface area (Å²) in [6.45, 7) is 0. The quantitative estimate of drug-likeness (QED) is 0.152. The van der Waals surface area contributed by atoms with E-state index in [4.69, 9.17) is 19.9 Å². The molecule has 0 fully saturated rings. The summed E-state index contributed by atoms with van der Waals surface area (Å²) < 4.78 is 2.19. The van der Waals surface area contributed by atoms with Crippen LogP contribution < -0.4 is 0 Å². The van der Waals surface area contributed by atoms with Crippen LogP contribution in [0.2, 0.25) is 0 Å². The van der Waals surface area contributed by atoms with E-state index < -0.39 is 0 Å². The Balaban J connectivity index is 1.02. The van der Waals surface area contributed by atoms with E-state index >= 15 is 0 Å². The van der Waals surface area contributed by atoms with Gasteiger partial charge in [-0.15, -0.1) is 0 Å². The van der Waals surface area contributed by atoms with Crippen molar-refractivity contribution in [2.75, 3.05) is 0 Å². The Hall–Kier alpha value is -8.02. The van der Waals surface area contributed by atoms with Gasteiger partial charge in [0.2, 0.25) is 0 Å². The van der Waals surface area contributed by atoms with E-state index in [1.54, 1.807) is 0 Å². The Bertz CT molecular complexity index is 3170. The van der Waals surface area contributed by atoms with E-state index in [9.17, 15) is 0 Å². The van der Waals surface area contributed by atoms with Crippen molar-refractivity contribution in [2.24, 2.45) is 0 Å². The van der Waals surface area contributed by atoms with Crippen molar-refractivity contribution in [3.63, 3.8) is 0 Å². The summed E-state index contributed by atoms with van der Waals surface area (Å²) in [7, 11) is 0. The average Bonchev–Trinajstić information content (AvgIpc) is 3.71. The van der Waals surface area contributed by atoms with E-state index in [2.05, 4.69) is 162 Å². The average molecular weight is 754 g/mol. The monoisotopic (exact) mass is 753 g/mol. The molecule has 0 aliphatic rings. The summed E-state index contributed by atoms with van der Waals surface area (Å²) in [6, 6.07) is 71.8. The van der Waals surface area contributed by atoms with Gasteiger partial charge in [0.15, 0.2) is 11.6 Å². The lowest BCUT2D eigenvalue weighted by atomic mass is 9.86. The largest absolute Gasteiger partial charge is 0.291 e. The lowest BCUT2D eigenvalue weighted by Gasteiger charge is -2.18. The van der Waals surface area contributed by atoms with Gasteiger partial charge in [-0.3, -0.25) is 9.55 Å². The normalized spacial score (nSPS) is 11.4. The van der Waals surface area contributed by atoms with Gasteiger partial charge in [0.1, 0.15) is 5.69 Å². The fourth-order valence-electron chi connectivity index (χ4n) is 8.34. The second-order valence-electron chi connectivity index (χ2n) is 14.6. The van der Waals surface area contributed by atoms with Crippen LogP contribution in [0.25, 0.3) is 106 Å². The van der Waals surface area contributed by atoms with Crippen molar-refractivity contribution in [1.29, 1.82) is 0 Å². The molecule has 0 radical (unpaired) electrons. The number of para-hydroxylation sites is 3. The van der Waals surface area contributed by atoms with E-state index in [0.717, 1.165) is 73.0 Å². The predicted octanol–water partition coefficient (Wildman–Crippen LogP) is 13.5. The fraction of sp³-hybridized carbons (Fsp3) is 0. The Morgan fingerprint density at radius 2 is 0.814 bits per heavy atom. The predicted molar refractivity (Wildman–Crippen MR) is 242 cm³/mol. The molecular formula is C54H35N5. The van der Waals surface area contributed by atoms with Gasteiger partial charge in [-0.1, -0.05) is 170 Å². The third kappa shape index (κ3) is 6.13. The lowest BCUT2D eigenvalue weighted by Crippen LogP contribution is -1.99. The summed E-state index contributed by atoms with van der Waals surface area (Å²) >= 11 is 0. The standard InChI is InChI=1S/C54H35N5/c1-4-16-36(17-5-1)48-34-49(57-53(56-48)39-18-6-2-7-19-39)37-28-30-38(31-29-37)51-42-22-10-12-24-44(42)52(45-25-13-11-23-43(45)51)40-32-33-47(55-35-40)54-58-46-26-14-15-27-50(46)59(54)41-20-8-3-9-21-41/h1-35H. The first kappa shape index (κ1) is 34.2. The molecule has 0 aliphatic heterocycles. The molecule has 0 saturated carbocycles. The maximum atomic E-state index is 5.10. The SMILES string of the molecule is c1ccc(-c2cc(-c3ccc(-c4c5ccccc5c(-c5ccc(-c6nc7ccccc7n6-c6ccccc6)nc5)c5ccccc45)cc3)nc(-c3ccccc3)n2)cc1. The van der Waals surface area contributed by atoms with E-state index in [-0.39, 0.29) is 0 Å². The van der Waals surface area contributed by atoms with Gasteiger partial charge in [0, 0.05) is 34.1 Å². The van der Waals surface area contributed by atoms with Crippen LogP contribution in [-0.4, -0.2) is 24.5 Å². The Morgan fingerprint density at radius 1 is 0.339 bits per heavy atom. The molecule has 5 heteroatoms. The van der Waals surface area contributed by atoms with Gasteiger partial charge in [0.05, 0.1) is 22.4 Å². The van der Waals surface area contributed by atoms with Gasteiger partial charge in [-0.2, -0.15) is 0 Å². The number of pyridine rings is 1. The van der Waals surface area contributed by atoms with Crippen molar-refractivity contribution < 1.29 is 0 Å². The van der Waals surface area contributed by atoms with Gasteiger partial charge < -0.3 is 0 Å². The van der Waals surface area contributed by atoms with Crippen LogP contribution in [0.4, 0.5) is 0 Å². The minimum absolute atomic E-state index is 0.705. The number of rotatable bonds is 7. The smallest absolute Gasteiger partial charge is 0.164 e. The molecule has 276 valence electrons. The molecule has 0 atom stereocenters. The highest BCUT2D eigenvalue weighted by atomic mass is 15.1. The lowest BCUT2D eigenvalue weighted by molar-refractivity contribution is 1.08. The number of aromatic nitrogens is 5. The van der Waals surface area contributed by atoms with Crippen molar-refractivity contribution in [3.8, 4) is 73.4 Å². The van der Waals surface area contributed by atoms with Gasteiger partial charge in [-0.25, -0.2) is 15.0 Å². The molecule has 0 amide bonds. The van der Waals surface area contributed by atoms with Crippen LogP contribution in [0.1, 0.15) is 0 Å². The Labute approximate surface area is 341 Å². The first-order valence-corrected chi connectivity index (χ1v) is 19.8. The molecular weight excluding hydrogens is 719 g/mol. The molecule has 3 aromatic heterocycles. The van der Waals surface area contributed by atoms with Crippen LogP contribution in [0, 0.1) is 0 Å². The first-order valence-electron chi connectivity index (χ1n) is 19.8. The van der Waals surface area contributed by atoms with Crippen molar-refractivity contribution in [2.45, 2.75) is 0 Å². The second-order valence-corrected chi connectivity index (χ2v) is 14.6. The number of fused-ring (bicyclic) bond motifs is 3. The summed E-state index contributed by atoms with van der Waals surface area (Å²) in [6.07, 6.45) is 2.00. The highest BCUT2D eigenvalue weighted by molar-refractivity contribution is 6.21. The topological polar surface area (TPSA) is 56.5 Å². The zero-order chi connectivity index (χ0) is 39.1. The van der Waals surface area contributed by atoms with Crippen LogP contribution in [0.3, 0.4) is 0 Å². The maximum absolute atomic E-state index is 5.10. The number of imidazole rings is 1. The molecule has 5 nitrogen and oxygen atoms in total. The zero-order valence-electron chi connectivity index (χ0n) is 31.9. The van der Waals surface area contributed by atoms with Crippen molar-refractivity contribution in [3.05, 3.63) is 212 Å². The second kappa shape index (κ2) is 14.5. The number of hydrogen-bond donors (Lipinski definition) is 0. The van der Waals surface area contributed by atoms with Gasteiger partial charge in [-0.05, 0) is 74.6 Å². The van der Waals surface area contributed by atoms with Crippen LogP contribution in [0.15, 0.2) is 212 Å². The summed E-state index contributed by atoms with van der Waals surface area (Å²) in [5.41, 5.74) is 13.2. The van der Waals surface area contributed by atoms with Crippen LogP contribution in [-0.2, 0) is 0 Å². The fourth-order valence-corrected chi connectivity index (χ4v) is 8.34. The van der Waals surface area contributed by atoms with E-state index in [1.165, 1.54) is 27.1 Å². The van der Waals surface area contributed by atoms with Crippen LogP contribution in [0.5, 0.6) is 0 Å². The molecule has 0 bridgehead atoms. The molecule has 11 rings (SSSR count). The number of hydrogen-bond acceptors (Lipinski definition) is 4. The minimum atomic E-state index is 0.705. The molecule has 8 aromatic carbocycles. The van der Waals surface area contributed by atoms with Crippen molar-refractivity contribution >= 4 is 32.6 Å². The van der Waals surface area contributed by atoms with Crippen molar-refractivity contribution in [1.82, 2.24) is 24.5 Å². The molecule has 0 saturated heterocycles. The van der Waals surface area contributed by atoms with Gasteiger partial charge in [0.25, 0.3) is 0 Å². The van der Waals surface area contributed by atoms with Crippen LogP contribution >= 0.6 is 0 Å². The summed E-state index contributed by atoms with van der Waals surface area (Å²) in [4.78, 5) is 20.2.